The fourth-order valence-electron chi connectivity index (χ4n) is 3.70. The van der Waals surface area contributed by atoms with Gasteiger partial charge in [-0.3, -0.25) is 4.98 Å². The monoisotopic (exact) mass is 439 g/mol. The zero-order valence-electron chi connectivity index (χ0n) is 17.8. The second kappa shape index (κ2) is 8.60. The molecule has 1 saturated heterocycles. The Kier molecular flexibility index (Phi) is 5.88. The molecule has 0 unspecified atom stereocenters. The molecule has 1 aromatic carbocycles. The number of rotatable bonds is 5. The number of aromatic nitrogens is 3. The van der Waals surface area contributed by atoms with E-state index in [0.29, 0.717) is 48.1 Å². The number of aryl methyl sites for hydroxylation is 2. The Hall–Kier alpha value is -3.04. The molecular weight excluding hydrogens is 414 g/mol. The average molecular weight is 440 g/mol. The number of benzene rings is 1. The molecular formula is C22H25N5O3S. The summed E-state index contributed by atoms with van der Waals surface area (Å²) in [6.07, 6.45) is 1.72. The molecule has 162 valence electrons. The van der Waals surface area contributed by atoms with Crippen molar-refractivity contribution in [1.29, 1.82) is 0 Å². The van der Waals surface area contributed by atoms with Gasteiger partial charge in [-0.15, -0.1) is 10.2 Å². The molecule has 0 saturated carbocycles. The van der Waals surface area contributed by atoms with Crippen molar-refractivity contribution in [3.05, 3.63) is 59.8 Å². The first kappa shape index (κ1) is 21.2. The Labute approximate surface area is 182 Å². The summed E-state index contributed by atoms with van der Waals surface area (Å²) < 4.78 is 33.3. The van der Waals surface area contributed by atoms with Gasteiger partial charge >= 0.3 is 0 Å². The van der Waals surface area contributed by atoms with Crippen LogP contribution in [-0.4, -0.2) is 61.2 Å². The highest BCUT2D eigenvalue weighted by molar-refractivity contribution is 7.89. The third kappa shape index (κ3) is 4.24. The van der Waals surface area contributed by atoms with Crippen LogP contribution in [0.4, 0.5) is 5.82 Å². The van der Waals surface area contributed by atoms with Gasteiger partial charge in [0.05, 0.1) is 17.7 Å². The van der Waals surface area contributed by atoms with Crippen molar-refractivity contribution in [2.45, 2.75) is 18.7 Å². The van der Waals surface area contributed by atoms with Gasteiger partial charge in [0, 0.05) is 32.4 Å². The summed E-state index contributed by atoms with van der Waals surface area (Å²) >= 11 is 0. The molecule has 8 nitrogen and oxygen atoms in total. The first-order valence-electron chi connectivity index (χ1n) is 10.1. The Balaban J connectivity index is 1.47. The molecule has 0 radical (unpaired) electrons. The molecule has 1 aliphatic rings. The number of methoxy groups -OCH3 is 1. The normalized spacial score (nSPS) is 15.1. The topological polar surface area (TPSA) is 88.5 Å². The van der Waals surface area contributed by atoms with E-state index < -0.39 is 10.0 Å². The lowest BCUT2D eigenvalue weighted by Gasteiger charge is -2.34. The van der Waals surface area contributed by atoms with Gasteiger partial charge in [0.25, 0.3) is 0 Å². The van der Waals surface area contributed by atoms with Crippen LogP contribution in [0.15, 0.2) is 53.6 Å². The summed E-state index contributed by atoms with van der Waals surface area (Å²) in [5.74, 6) is 1.42. The van der Waals surface area contributed by atoms with E-state index in [1.54, 1.807) is 32.4 Å². The van der Waals surface area contributed by atoms with Gasteiger partial charge in [-0.25, -0.2) is 8.42 Å². The summed E-state index contributed by atoms with van der Waals surface area (Å²) in [7, 11) is -2.00. The van der Waals surface area contributed by atoms with Crippen LogP contribution in [0.2, 0.25) is 0 Å². The zero-order chi connectivity index (χ0) is 22.0. The van der Waals surface area contributed by atoms with Crippen LogP contribution in [-0.2, 0) is 10.0 Å². The smallest absolute Gasteiger partial charge is 0.243 e. The van der Waals surface area contributed by atoms with Gasteiger partial charge in [-0.2, -0.15) is 4.31 Å². The largest absolute Gasteiger partial charge is 0.496 e. The lowest BCUT2D eigenvalue weighted by Crippen LogP contribution is -2.49. The molecule has 0 amide bonds. The third-order valence-electron chi connectivity index (χ3n) is 5.45. The highest BCUT2D eigenvalue weighted by atomic mass is 32.2. The van der Waals surface area contributed by atoms with Crippen molar-refractivity contribution in [3.8, 4) is 17.1 Å². The number of hydrogen-bond donors (Lipinski definition) is 0. The van der Waals surface area contributed by atoms with E-state index >= 15 is 0 Å². The fourth-order valence-corrected chi connectivity index (χ4v) is 5.42. The summed E-state index contributed by atoms with van der Waals surface area (Å²) in [5, 5.41) is 8.60. The molecule has 3 heterocycles. The number of anilines is 1. The van der Waals surface area contributed by atoms with Crippen molar-refractivity contribution >= 4 is 15.8 Å². The van der Waals surface area contributed by atoms with Gasteiger partial charge in [0.15, 0.2) is 5.82 Å². The Morgan fingerprint density at radius 1 is 0.903 bits per heavy atom. The molecule has 0 bridgehead atoms. The van der Waals surface area contributed by atoms with Crippen LogP contribution in [0.1, 0.15) is 11.1 Å². The first-order valence-corrected chi connectivity index (χ1v) is 11.5. The molecule has 0 N–H and O–H groups in total. The minimum absolute atomic E-state index is 0.332. The predicted molar refractivity (Wildman–Crippen MR) is 119 cm³/mol. The summed E-state index contributed by atoms with van der Waals surface area (Å²) in [6.45, 7) is 5.51. The van der Waals surface area contributed by atoms with E-state index in [2.05, 4.69) is 15.2 Å². The van der Waals surface area contributed by atoms with Crippen LogP contribution in [0.25, 0.3) is 11.4 Å². The number of sulfonamides is 1. The van der Waals surface area contributed by atoms with Gasteiger partial charge < -0.3 is 9.64 Å². The maximum atomic E-state index is 13.2. The molecule has 1 fully saturated rings. The highest BCUT2D eigenvalue weighted by Crippen LogP contribution is 2.28. The molecule has 9 heteroatoms. The van der Waals surface area contributed by atoms with Crippen LogP contribution in [0.3, 0.4) is 0 Å². The molecule has 0 aliphatic carbocycles. The molecule has 4 rings (SSSR count). The number of piperazine rings is 1. The number of pyridine rings is 1. The van der Waals surface area contributed by atoms with E-state index in [-0.39, 0.29) is 0 Å². The van der Waals surface area contributed by atoms with Crippen LogP contribution in [0, 0.1) is 13.8 Å². The second-order valence-electron chi connectivity index (χ2n) is 7.47. The summed E-state index contributed by atoms with van der Waals surface area (Å²) in [5.41, 5.74) is 2.95. The van der Waals surface area contributed by atoms with Crippen molar-refractivity contribution in [2.75, 3.05) is 38.2 Å². The minimum Gasteiger partial charge on any atom is -0.496 e. The van der Waals surface area contributed by atoms with E-state index in [0.717, 1.165) is 17.1 Å². The lowest BCUT2D eigenvalue weighted by molar-refractivity contribution is 0.382. The van der Waals surface area contributed by atoms with Crippen LogP contribution in [0.5, 0.6) is 5.75 Å². The lowest BCUT2D eigenvalue weighted by atomic mass is 10.1. The van der Waals surface area contributed by atoms with Crippen molar-refractivity contribution < 1.29 is 13.2 Å². The Morgan fingerprint density at radius 3 is 2.29 bits per heavy atom. The number of nitrogens with zero attached hydrogens (tertiary/aromatic N) is 5. The Morgan fingerprint density at radius 2 is 1.68 bits per heavy atom. The van der Waals surface area contributed by atoms with Gasteiger partial charge in [0.1, 0.15) is 11.4 Å². The molecule has 3 aromatic rings. The van der Waals surface area contributed by atoms with Gasteiger partial charge in [-0.05, 0) is 61.4 Å². The number of ether oxygens (including phenoxy) is 1. The molecule has 1 aliphatic heterocycles. The van der Waals surface area contributed by atoms with Crippen LogP contribution < -0.4 is 9.64 Å². The third-order valence-corrected chi connectivity index (χ3v) is 7.49. The quantitative estimate of drug-likeness (QED) is 0.604. The van der Waals surface area contributed by atoms with Gasteiger partial charge in [-0.1, -0.05) is 6.07 Å². The van der Waals surface area contributed by atoms with E-state index in [1.807, 2.05) is 42.2 Å². The Bertz CT molecular complexity index is 1160. The van der Waals surface area contributed by atoms with Crippen molar-refractivity contribution in [2.24, 2.45) is 0 Å². The maximum Gasteiger partial charge on any atom is 0.243 e. The summed E-state index contributed by atoms with van der Waals surface area (Å²) in [6, 6.07) is 12.9. The van der Waals surface area contributed by atoms with Crippen LogP contribution >= 0.6 is 0 Å². The molecule has 0 spiro atoms. The SMILES string of the molecule is COc1cc(C)c(S(=O)(=O)N2CCN(c3ccc(-c4ccccn4)nn3)CC2)cc1C. The van der Waals surface area contributed by atoms with Crippen molar-refractivity contribution in [1.82, 2.24) is 19.5 Å². The fraction of sp³-hybridized carbons (Fsp3) is 0.318. The summed E-state index contributed by atoms with van der Waals surface area (Å²) in [4.78, 5) is 6.66. The first-order chi connectivity index (χ1) is 14.9. The highest BCUT2D eigenvalue weighted by Gasteiger charge is 2.30. The van der Waals surface area contributed by atoms with E-state index in [1.165, 1.54) is 4.31 Å². The minimum atomic E-state index is -3.58. The average Bonchev–Trinajstić information content (AvgIpc) is 2.81. The standard InChI is InChI=1S/C22H25N5O3S/c1-16-15-21(17(2)14-20(16)30-3)31(28,29)27-12-10-26(11-13-27)22-8-7-19(24-25-22)18-6-4-5-9-23-18/h4-9,14-15H,10-13H2,1-3H3. The molecule has 31 heavy (non-hydrogen) atoms. The maximum absolute atomic E-state index is 13.2. The van der Waals surface area contributed by atoms with Crippen molar-refractivity contribution in [3.63, 3.8) is 0 Å². The number of hydrogen-bond acceptors (Lipinski definition) is 7. The zero-order valence-corrected chi connectivity index (χ0v) is 18.6. The van der Waals surface area contributed by atoms with E-state index in [4.69, 9.17) is 4.74 Å². The van der Waals surface area contributed by atoms with E-state index in [9.17, 15) is 8.42 Å². The second-order valence-corrected chi connectivity index (χ2v) is 9.38. The predicted octanol–water partition coefficient (Wildman–Crippen LogP) is 2.67. The molecule has 2 aromatic heterocycles. The van der Waals surface area contributed by atoms with Gasteiger partial charge in [0.2, 0.25) is 10.0 Å². The molecule has 0 atom stereocenters.